The van der Waals surface area contributed by atoms with Crippen LogP contribution in [0.4, 0.5) is 0 Å². The highest BCUT2D eigenvalue weighted by molar-refractivity contribution is 5.69. The predicted octanol–water partition coefficient (Wildman–Crippen LogP) is 7.40. The third kappa shape index (κ3) is 28.7. The van der Waals surface area contributed by atoms with Crippen LogP contribution in [0.5, 0.6) is 0 Å². The Labute approximate surface area is 412 Å². The Balaban J connectivity index is 1.84. The highest BCUT2D eigenvalue weighted by Gasteiger charge is 2.47. The van der Waals surface area contributed by atoms with E-state index in [-0.39, 0.29) is 19.6 Å². The summed E-state index contributed by atoms with van der Waals surface area (Å²) in [5.74, 6) is -0.439. The van der Waals surface area contributed by atoms with Crippen LogP contribution in [0.1, 0.15) is 117 Å². The first-order chi connectivity index (χ1) is 33.6. The minimum atomic E-state index is -1.73. The molecule has 2 rings (SSSR count). The van der Waals surface area contributed by atoms with Crippen molar-refractivity contribution in [1.82, 2.24) is 0 Å². The molecule has 11 unspecified atom stereocenters. The van der Waals surface area contributed by atoms with Crippen LogP contribution in [0, 0.1) is 0 Å². The Morgan fingerprint density at radius 1 is 0.478 bits per heavy atom. The molecule has 0 spiro atoms. The van der Waals surface area contributed by atoms with E-state index in [9.17, 15) is 40.5 Å². The van der Waals surface area contributed by atoms with Crippen LogP contribution >= 0.6 is 0 Å². The van der Waals surface area contributed by atoms with Crippen LogP contribution in [0.25, 0.3) is 0 Å². The third-order valence-electron chi connectivity index (χ3n) is 11.0. The number of hydrogen-bond donors (Lipinski definition) is 7. The molecule has 0 aromatic rings. The molecule has 0 radical (unpaired) electrons. The Morgan fingerprint density at radius 3 is 1.38 bits per heavy atom. The topological polar surface area (TPSA) is 214 Å². The summed E-state index contributed by atoms with van der Waals surface area (Å²) in [6.45, 7) is 3.14. The third-order valence-corrected chi connectivity index (χ3v) is 11.0. The number of aliphatic hydroxyl groups is 7. The fourth-order valence-electron chi connectivity index (χ4n) is 6.96. The number of esters is 1. The summed E-state index contributed by atoms with van der Waals surface area (Å²) in [6.07, 6.45) is 40.0. The first-order valence-corrected chi connectivity index (χ1v) is 25.1. The van der Waals surface area contributed by atoms with Crippen molar-refractivity contribution in [3.05, 3.63) is 122 Å². The molecule has 2 saturated heterocycles. The second kappa shape index (κ2) is 41.1. The van der Waals surface area contributed by atoms with Crippen LogP contribution in [0.15, 0.2) is 122 Å². The molecule has 2 aliphatic heterocycles. The number of hydrogen-bond acceptors (Lipinski definition) is 14. The summed E-state index contributed by atoms with van der Waals surface area (Å²) < 4.78 is 34.1. The van der Waals surface area contributed by atoms with Crippen LogP contribution in [-0.4, -0.2) is 142 Å². The summed E-state index contributed by atoms with van der Waals surface area (Å²) in [7, 11) is 0. The van der Waals surface area contributed by atoms with Crippen molar-refractivity contribution in [2.75, 3.05) is 33.0 Å². The van der Waals surface area contributed by atoms with Gasteiger partial charge in [0.2, 0.25) is 0 Å². The van der Waals surface area contributed by atoms with Crippen LogP contribution in [0.3, 0.4) is 0 Å². The van der Waals surface area contributed by atoms with E-state index >= 15 is 0 Å². The lowest BCUT2D eigenvalue weighted by Gasteiger charge is -2.42. The molecular formula is C55H86O14. The van der Waals surface area contributed by atoms with E-state index in [4.69, 9.17) is 28.4 Å². The molecule has 2 heterocycles. The average molecular weight is 971 g/mol. The van der Waals surface area contributed by atoms with Gasteiger partial charge in [-0.15, -0.1) is 0 Å². The zero-order valence-electron chi connectivity index (χ0n) is 41.2. The monoisotopic (exact) mass is 971 g/mol. The summed E-state index contributed by atoms with van der Waals surface area (Å²) in [4.78, 5) is 13.0. The zero-order chi connectivity index (χ0) is 50.2. The van der Waals surface area contributed by atoms with Gasteiger partial charge < -0.3 is 64.2 Å². The van der Waals surface area contributed by atoms with Gasteiger partial charge in [0.15, 0.2) is 12.6 Å². The maximum atomic E-state index is 13.0. The van der Waals surface area contributed by atoms with Gasteiger partial charge in [-0.05, 0) is 89.9 Å². The maximum absolute atomic E-state index is 13.0. The first-order valence-electron chi connectivity index (χ1n) is 25.1. The Kier molecular flexibility index (Phi) is 36.6. The molecule has 14 heteroatoms. The minimum Gasteiger partial charge on any atom is -0.457 e. The van der Waals surface area contributed by atoms with Gasteiger partial charge in [-0.1, -0.05) is 142 Å². The van der Waals surface area contributed by atoms with Crippen molar-refractivity contribution in [3.8, 4) is 0 Å². The summed E-state index contributed by atoms with van der Waals surface area (Å²) >= 11 is 0. The van der Waals surface area contributed by atoms with Crippen LogP contribution in [-0.2, 0) is 33.2 Å². The lowest BCUT2D eigenvalue weighted by molar-refractivity contribution is -0.332. The number of unbranched alkanes of at least 4 members (excludes halogenated alkanes) is 3. The van der Waals surface area contributed by atoms with E-state index in [1.807, 2.05) is 6.08 Å². The van der Waals surface area contributed by atoms with Gasteiger partial charge >= 0.3 is 5.97 Å². The molecule has 0 amide bonds. The zero-order valence-corrected chi connectivity index (χ0v) is 41.2. The first kappa shape index (κ1) is 61.5. The quantitative estimate of drug-likeness (QED) is 0.0184. The van der Waals surface area contributed by atoms with Crippen molar-refractivity contribution >= 4 is 5.97 Å². The van der Waals surface area contributed by atoms with E-state index in [0.29, 0.717) is 19.4 Å². The fourth-order valence-corrected chi connectivity index (χ4v) is 6.96. The average Bonchev–Trinajstić information content (AvgIpc) is 3.35. The van der Waals surface area contributed by atoms with Gasteiger partial charge in [0, 0.05) is 6.42 Å². The minimum absolute atomic E-state index is 0.0157. The van der Waals surface area contributed by atoms with Crippen LogP contribution in [0.2, 0.25) is 0 Å². The van der Waals surface area contributed by atoms with Gasteiger partial charge in [-0.25, -0.2) is 0 Å². The second-order valence-corrected chi connectivity index (χ2v) is 16.9. The number of carbonyl (C=O) groups excluding carboxylic acids is 1. The van der Waals surface area contributed by atoms with Crippen molar-refractivity contribution in [1.29, 1.82) is 0 Å². The van der Waals surface area contributed by atoms with Gasteiger partial charge in [-0.3, -0.25) is 4.79 Å². The molecule has 390 valence electrons. The lowest BCUT2D eigenvalue weighted by Crippen LogP contribution is -2.61. The maximum Gasteiger partial charge on any atom is 0.306 e. The molecule has 69 heavy (non-hydrogen) atoms. The molecule has 11 atom stereocenters. The lowest BCUT2D eigenvalue weighted by atomic mass is 9.98. The molecule has 0 bridgehead atoms. The molecule has 2 fully saturated rings. The van der Waals surface area contributed by atoms with E-state index in [1.54, 1.807) is 0 Å². The van der Waals surface area contributed by atoms with Gasteiger partial charge in [0.05, 0.1) is 33.0 Å². The molecule has 0 aromatic carbocycles. The molecule has 7 N–H and O–H groups in total. The number of aliphatic hydroxyl groups excluding tert-OH is 7. The summed E-state index contributed by atoms with van der Waals surface area (Å²) in [5, 5.41) is 72.1. The number of carbonyl (C=O) groups is 1. The SMILES string of the molecule is CC/C=C\C/C=C\C/C=C\C/C=C\C/C=C\CCCCCC(=O)OC(COCC/C=C\C/C=C\C/C=C\C/C=C\C/C=C\CC)COC1OC(COC2OC(CO)C(O)C(O)C2O)C(O)C(O)C1O. The van der Waals surface area contributed by atoms with E-state index < -0.39 is 86.7 Å². The number of rotatable bonds is 37. The van der Waals surface area contributed by atoms with E-state index in [1.165, 1.54) is 0 Å². The fraction of sp³-hybridized carbons (Fsp3) is 0.618. The molecule has 0 aromatic heterocycles. The molecular weight excluding hydrogens is 885 g/mol. The van der Waals surface area contributed by atoms with Gasteiger partial charge in [0.1, 0.15) is 54.9 Å². The highest BCUT2D eigenvalue weighted by Crippen LogP contribution is 2.26. The number of allylic oxidation sites excluding steroid dienone is 19. The predicted molar refractivity (Wildman–Crippen MR) is 270 cm³/mol. The smallest absolute Gasteiger partial charge is 0.306 e. The van der Waals surface area contributed by atoms with E-state index in [2.05, 4.69) is 129 Å². The van der Waals surface area contributed by atoms with Crippen molar-refractivity contribution in [3.63, 3.8) is 0 Å². The standard InChI is InChI=1S/C55H86O14/c1-3-5-7-9-11-13-15-17-19-21-22-23-24-26-28-30-32-34-36-38-47(57)67-44(41-64-39-37-35-33-31-29-27-25-20-18-16-14-12-10-8-6-4-2)42-65-54-53(63)51(61)49(59)46(69-54)43-66-55-52(62)50(60)48(58)45(40-56)68-55/h5-8,11-14,17-20,22-23,26-29,33,35,44-46,48-56,58-63H,3-4,9-10,15-16,21,24-25,30-32,34,36-43H2,1-2H3/b7-5-,8-6-,13-11-,14-12-,19-17-,20-18-,23-22-,28-26-,29-27-,35-33-. The van der Waals surface area contributed by atoms with Crippen molar-refractivity contribution in [2.45, 2.75) is 184 Å². The summed E-state index contributed by atoms with van der Waals surface area (Å²) in [6, 6.07) is 0. The molecule has 0 aliphatic carbocycles. The molecule has 2 aliphatic rings. The summed E-state index contributed by atoms with van der Waals surface area (Å²) in [5.41, 5.74) is 0. The molecule has 0 saturated carbocycles. The largest absolute Gasteiger partial charge is 0.457 e. The van der Waals surface area contributed by atoms with Gasteiger partial charge in [0.25, 0.3) is 0 Å². The normalized spacial score (nSPS) is 26.7. The second-order valence-electron chi connectivity index (χ2n) is 16.9. The Hall–Kier alpha value is -3.61. The highest BCUT2D eigenvalue weighted by atomic mass is 16.7. The Bertz CT molecular complexity index is 1600. The van der Waals surface area contributed by atoms with Crippen molar-refractivity contribution < 1.29 is 69.0 Å². The molecule has 14 nitrogen and oxygen atoms in total. The van der Waals surface area contributed by atoms with Crippen LogP contribution < -0.4 is 0 Å². The van der Waals surface area contributed by atoms with E-state index in [0.717, 1.165) is 83.5 Å². The number of ether oxygens (including phenoxy) is 6. The Morgan fingerprint density at radius 2 is 0.899 bits per heavy atom. The van der Waals surface area contributed by atoms with Gasteiger partial charge in [-0.2, -0.15) is 0 Å². The van der Waals surface area contributed by atoms with Crippen molar-refractivity contribution in [2.24, 2.45) is 0 Å².